The van der Waals surface area contributed by atoms with Crippen molar-refractivity contribution in [3.05, 3.63) is 0 Å². The van der Waals surface area contributed by atoms with Crippen molar-refractivity contribution in [3.63, 3.8) is 0 Å². The first kappa shape index (κ1) is 14.5. The van der Waals surface area contributed by atoms with Gasteiger partial charge in [-0.1, -0.05) is 13.3 Å². The van der Waals surface area contributed by atoms with Crippen molar-refractivity contribution in [2.75, 3.05) is 26.7 Å². The lowest BCUT2D eigenvalue weighted by molar-refractivity contribution is -0.137. The van der Waals surface area contributed by atoms with Gasteiger partial charge < -0.3 is 15.3 Å². The van der Waals surface area contributed by atoms with E-state index in [4.69, 9.17) is 5.11 Å². The molecule has 4 heteroatoms. The van der Waals surface area contributed by atoms with Gasteiger partial charge in [-0.25, -0.2) is 0 Å². The van der Waals surface area contributed by atoms with Gasteiger partial charge in [-0.2, -0.15) is 0 Å². The van der Waals surface area contributed by atoms with E-state index < -0.39 is 5.97 Å². The summed E-state index contributed by atoms with van der Waals surface area (Å²) in [4.78, 5) is 13.1. The van der Waals surface area contributed by atoms with Crippen LogP contribution in [0.1, 0.15) is 39.0 Å². The lowest BCUT2D eigenvalue weighted by Gasteiger charge is -2.37. The topological polar surface area (TPSA) is 52.6 Å². The molecule has 2 atom stereocenters. The molecule has 1 fully saturated rings. The summed E-state index contributed by atoms with van der Waals surface area (Å²) in [5.41, 5.74) is 0. The summed E-state index contributed by atoms with van der Waals surface area (Å²) < 4.78 is 0. The smallest absolute Gasteiger partial charge is 0.303 e. The fraction of sp³-hybridized carbons (Fsp3) is 0.923. The minimum absolute atomic E-state index is 0.308. The van der Waals surface area contributed by atoms with Gasteiger partial charge in [0, 0.05) is 25.6 Å². The SMILES string of the molecule is CCCCN1CC(CCC(=O)O)CC(NC)C1. The third-order valence-electron chi connectivity index (χ3n) is 3.62. The fourth-order valence-electron chi connectivity index (χ4n) is 2.61. The van der Waals surface area contributed by atoms with Crippen LogP contribution in [0.4, 0.5) is 0 Å². The number of nitrogens with one attached hydrogen (secondary N) is 1. The van der Waals surface area contributed by atoms with Crippen molar-refractivity contribution < 1.29 is 9.90 Å². The van der Waals surface area contributed by atoms with Gasteiger partial charge in [-0.05, 0) is 38.8 Å². The number of likely N-dealkylation sites (N-methyl/N-ethyl adjacent to an activating group) is 1. The lowest BCUT2D eigenvalue weighted by atomic mass is 9.90. The van der Waals surface area contributed by atoms with Gasteiger partial charge in [-0.15, -0.1) is 0 Å². The third kappa shape index (κ3) is 5.50. The maximum absolute atomic E-state index is 10.6. The van der Waals surface area contributed by atoms with Crippen molar-refractivity contribution in [2.24, 2.45) is 5.92 Å². The van der Waals surface area contributed by atoms with Crippen LogP contribution in [0.5, 0.6) is 0 Å². The molecule has 2 unspecified atom stereocenters. The number of hydrogen-bond acceptors (Lipinski definition) is 3. The molecule has 17 heavy (non-hydrogen) atoms. The predicted molar refractivity (Wildman–Crippen MR) is 69.2 cm³/mol. The molecule has 1 rings (SSSR count). The monoisotopic (exact) mass is 242 g/mol. The van der Waals surface area contributed by atoms with Crippen molar-refractivity contribution >= 4 is 5.97 Å². The molecular formula is C13H26N2O2. The largest absolute Gasteiger partial charge is 0.481 e. The Morgan fingerprint density at radius 2 is 2.24 bits per heavy atom. The minimum Gasteiger partial charge on any atom is -0.481 e. The Balaban J connectivity index is 2.39. The number of piperidine rings is 1. The second-order valence-corrected chi connectivity index (χ2v) is 5.13. The van der Waals surface area contributed by atoms with E-state index in [1.807, 2.05) is 7.05 Å². The number of likely N-dealkylation sites (tertiary alicyclic amines) is 1. The Kier molecular flexibility index (Phi) is 6.52. The van der Waals surface area contributed by atoms with Crippen LogP contribution in [0.25, 0.3) is 0 Å². The number of hydrogen-bond donors (Lipinski definition) is 2. The minimum atomic E-state index is -0.670. The summed E-state index contributed by atoms with van der Waals surface area (Å²) in [6, 6.07) is 0.527. The molecule has 0 spiro atoms. The molecular weight excluding hydrogens is 216 g/mol. The maximum Gasteiger partial charge on any atom is 0.303 e. The van der Waals surface area contributed by atoms with Crippen LogP contribution in [0.2, 0.25) is 0 Å². The maximum atomic E-state index is 10.6. The Bertz CT molecular complexity index is 233. The van der Waals surface area contributed by atoms with Crippen molar-refractivity contribution in [1.82, 2.24) is 10.2 Å². The highest BCUT2D eigenvalue weighted by Gasteiger charge is 2.26. The Morgan fingerprint density at radius 1 is 1.47 bits per heavy atom. The molecule has 0 amide bonds. The Labute approximate surface area is 104 Å². The molecule has 4 nitrogen and oxygen atoms in total. The lowest BCUT2D eigenvalue weighted by Crippen LogP contribution is -2.48. The van der Waals surface area contributed by atoms with Crippen LogP contribution in [-0.2, 0) is 4.79 Å². The summed E-state index contributed by atoms with van der Waals surface area (Å²) >= 11 is 0. The second kappa shape index (κ2) is 7.67. The first-order valence-corrected chi connectivity index (χ1v) is 6.77. The summed E-state index contributed by atoms with van der Waals surface area (Å²) in [6.07, 6.45) is 4.70. The zero-order valence-electron chi connectivity index (χ0n) is 11.1. The first-order chi connectivity index (χ1) is 8.15. The number of aliphatic carboxylic acids is 1. The van der Waals surface area contributed by atoms with E-state index >= 15 is 0 Å². The highest BCUT2D eigenvalue weighted by molar-refractivity contribution is 5.66. The number of unbranched alkanes of at least 4 members (excludes halogenated alkanes) is 1. The van der Waals surface area contributed by atoms with E-state index in [1.54, 1.807) is 0 Å². The molecule has 1 saturated heterocycles. The van der Waals surface area contributed by atoms with Crippen molar-refractivity contribution in [3.8, 4) is 0 Å². The van der Waals surface area contributed by atoms with Gasteiger partial charge in [0.2, 0.25) is 0 Å². The van der Waals surface area contributed by atoms with Gasteiger partial charge in [0.15, 0.2) is 0 Å². The number of carbonyl (C=O) groups is 1. The molecule has 0 bridgehead atoms. The van der Waals surface area contributed by atoms with Crippen LogP contribution in [0.3, 0.4) is 0 Å². The molecule has 1 aliphatic heterocycles. The Hall–Kier alpha value is -0.610. The average Bonchev–Trinajstić information content (AvgIpc) is 2.33. The highest BCUT2D eigenvalue weighted by Crippen LogP contribution is 2.21. The normalized spacial score (nSPS) is 26.0. The molecule has 0 aliphatic carbocycles. The second-order valence-electron chi connectivity index (χ2n) is 5.13. The molecule has 0 aromatic carbocycles. The van der Waals surface area contributed by atoms with Crippen molar-refractivity contribution in [2.45, 2.75) is 45.1 Å². The molecule has 100 valence electrons. The zero-order chi connectivity index (χ0) is 12.7. The fourth-order valence-corrected chi connectivity index (χ4v) is 2.61. The summed E-state index contributed by atoms with van der Waals surface area (Å²) in [6.45, 7) is 5.55. The summed E-state index contributed by atoms with van der Waals surface area (Å²) in [5, 5.41) is 12.1. The average molecular weight is 242 g/mol. The summed E-state index contributed by atoms with van der Waals surface area (Å²) in [7, 11) is 2.00. The van der Waals surface area contributed by atoms with Gasteiger partial charge in [0.25, 0.3) is 0 Å². The number of nitrogens with zero attached hydrogens (tertiary/aromatic N) is 1. The van der Waals surface area contributed by atoms with Gasteiger partial charge in [-0.3, -0.25) is 4.79 Å². The van der Waals surface area contributed by atoms with Gasteiger partial charge >= 0.3 is 5.97 Å². The van der Waals surface area contributed by atoms with E-state index in [0.29, 0.717) is 18.4 Å². The third-order valence-corrected chi connectivity index (χ3v) is 3.62. The van der Waals surface area contributed by atoms with E-state index in [9.17, 15) is 4.79 Å². The van der Waals surface area contributed by atoms with Crippen LogP contribution in [0, 0.1) is 5.92 Å². The molecule has 0 radical (unpaired) electrons. The number of carboxylic acid groups (broad SMARTS) is 1. The Morgan fingerprint density at radius 3 is 2.82 bits per heavy atom. The van der Waals surface area contributed by atoms with E-state index in [0.717, 1.165) is 32.5 Å². The molecule has 0 aromatic rings. The van der Waals surface area contributed by atoms with E-state index in [-0.39, 0.29) is 0 Å². The molecule has 1 heterocycles. The molecule has 0 saturated carbocycles. The molecule has 0 aromatic heterocycles. The van der Waals surface area contributed by atoms with Crippen LogP contribution < -0.4 is 5.32 Å². The number of carboxylic acids is 1. The van der Waals surface area contributed by atoms with E-state index in [2.05, 4.69) is 17.1 Å². The summed E-state index contributed by atoms with van der Waals surface area (Å²) in [5.74, 6) is -0.133. The number of rotatable bonds is 7. The first-order valence-electron chi connectivity index (χ1n) is 6.77. The van der Waals surface area contributed by atoms with Crippen LogP contribution >= 0.6 is 0 Å². The standard InChI is InChI=1S/C13H26N2O2/c1-3-4-7-15-9-11(5-6-13(16)17)8-12(10-15)14-2/h11-12,14H,3-10H2,1-2H3,(H,16,17). The van der Waals surface area contributed by atoms with Crippen LogP contribution in [0.15, 0.2) is 0 Å². The highest BCUT2D eigenvalue weighted by atomic mass is 16.4. The van der Waals surface area contributed by atoms with Crippen molar-refractivity contribution in [1.29, 1.82) is 0 Å². The van der Waals surface area contributed by atoms with E-state index in [1.165, 1.54) is 12.8 Å². The van der Waals surface area contributed by atoms with Crippen LogP contribution in [-0.4, -0.2) is 48.7 Å². The van der Waals surface area contributed by atoms with Gasteiger partial charge in [0.1, 0.15) is 0 Å². The quantitative estimate of drug-likeness (QED) is 0.711. The zero-order valence-corrected chi connectivity index (χ0v) is 11.1. The molecule has 1 aliphatic rings. The van der Waals surface area contributed by atoms with Gasteiger partial charge in [0.05, 0.1) is 0 Å². The predicted octanol–water partition coefficient (Wildman–Crippen LogP) is 1.56. The molecule has 2 N–H and O–H groups in total.